The van der Waals surface area contributed by atoms with Gasteiger partial charge in [-0.25, -0.2) is 4.98 Å². The van der Waals surface area contributed by atoms with Crippen molar-refractivity contribution in [1.82, 2.24) is 15.3 Å². The predicted molar refractivity (Wildman–Crippen MR) is 83.8 cm³/mol. The molecule has 19 heavy (non-hydrogen) atoms. The Hall–Kier alpha value is -1.00. The van der Waals surface area contributed by atoms with Crippen LogP contribution in [-0.4, -0.2) is 27.3 Å². The molecule has 0 spiro atoms. The number of rotatable bonds is 6. The maximum Gasteiger partial charge on any atom is 0.166 e. The maximum absolute atomic E-state index is 4.60. The van der Waals surface area contributed by atoms with E-state index in [9.17, 15) is 0 Å². The first-order chi connectivity index (χ1) is 9.00. The molecule has 104 valence electrons. The lowest BCUT2D eigenvalue weighted by atomic mass is 10.0. The van der Waals surface area contributed by atoms with Gasteiger partial charge in [-0.2, -0.15) is 0 Å². The Kier molecular flexibility index (Phi) is 4.53. The van der Waals surface area contributed by atoms with E-state index in [4.69, 9.17) is 0 Å². The molecule has 0 saturated heterocycles. The number of nitrogens with one attached hydrogen (secondary N) is 2. The van der Waals surface area contributed by atoms with Gasteiger partial charge in [0.1, 0.15) is 0 Å². The van der Waals surface area contributed by atoms with E-state index in [1.807, 2.05) is 18.2 Å². The highest BCUT2D eigenvalue weighted by atomic mass is 32.2. The molecule has 2 aromatic rings. The monoisotopic (exact) mass is 277 g/mol. The lowest BCUT2D eigenvalue weighted by molar-refractivity contribution is 0.379. The van der Waals surface area contributed by atoms with Crippen LogP contribution in [0.15, 0.2) is 29.4 Å². The molecule has 0 fully saturated rings. The molecule has 1 aromatic heterocycles. The summed E-state index contributed by atoms with van der Waals surface area (Å²) in [5.74, 6) is 0. The van der Waals surface area contributed by atoms with Gasteiger partial charge in [0.15, 0.2) is 5.16 Å². The molecule has 0 aliphatic heterocycles. The number of aromatic amines is 1. The molecule has 0 bridgehead atoms. The molecule has 0 aliphatic rings. The fourth-order valence-corrected chi connectivity index (χ4v) is 2.63. The van der Waals surface area contributed by atoms with Crippen LogP contribution in [0.4, 0.5) is 0 Å². The number of hydrogen-bond donors (Lipinski definition) is 2. The van der Waals surface area contributed by atoms with Gasteiger partial charge in [-0.1, -0.05) is 37.7 Å². The zero-order valence-corrected chi connectivity index (χ0v) is 13.0. The first-order valence-electron chi connectivity index (χ1n) is 6.86. The van der Waals surface area contributed by atoms with E-state index in [2.05, 4.69) is 49.0 Å². The highest BCUT2D eigenvalue weighted by molar-refractivity contribution is 7.99. The maximum atomic E-state index is 4.60. The Morgan fingerprint density at radius 2 is 2.11 bits per heavy atom. The summed E-state index contributed by atoms with van der Waals surface area (Å²) in [6.07, 6.45) is 1.13. The van der Waals surface area contributed by atoms with Gasteiger partial charge in [-0.05, 0) is 32.4 Å². The highest BCUT2D eigenvalue weighted by Crippen LogP contribution is 2.23. The second-order valence-electron chi connectivity index (χ2n) is 5.61. The summed E-state index contributed by atoms with van der Waals surface area (Å²) < 4.78 is 0. The van der Waals surface area contributed by atoms with Crippen LogP contribution in [-0.2, 0) is 0 Å². The van der Waals surface area contributed by atoms with Gasteiger partial charge >= 0.3 is 0 Å². The lowest BCUT2D eigenvalue weighted by Crippen LogP contribution is -2.41. The molecule has 2 N–H and O–H groups in total. The summed E-state index contributed by atoms with van der Waals surface area (Å²) in [7, 11) is 0. The molecular weight excluding hydrogens is 254 g/mol. The minimum Gasteiger partial charge on any atom is -0.333 e. The molecule has 0 aliphatic carbocycles. The first kappa shape index (κ1) is 14.4. The van der Waals surface area contributed by atoms with Crippen molar-refractivity contribution < 1.29 is 0 Å². The molecule has 2 rings (SSSR count). The normalized spacial score (nSPS) is 13.9. The summed E-state index contributed by atoms with van der Waals surface area (Å²) in [5.41, 5.74) is 2.36. The Morgan fingerprint density at radius 1 is 1.37 bits per heavy atom. The fourth-order valence-electron chi connectivity index (χ4n) is 1.76. The third-order valence-electron chi connectivity index (χ3n) is 3.43. The number of imidazole rings is 1. The van der Waals surface area contributed by atoms with E-state index in [-0.39, 0.29) is 5.54 Å². The van der Waals surface area contributed by atoms with Gasteiger partial charge in [0.05, 0.1) is 11.0 Å². The van der Waals surface area contributed by atoms with Crippen LogP contribution >= 0.6 is 11.8 Å². The van der Waals surface area contributed by atoms with Gasteiger partial charge in [0.2, 0.25) is 0 Å². The van der Waals surface area contributed by atoms with Crippen LogP contribution in [0.25, 0.3) is 11.0 Å². The van der Waals surface area contributed by atoms with E-state index < -0.39 is 0 Å². The third kappa shape index (κ3) is 3.98. The van der Waals surface area contributed by atoms with Crippen molar-refractivity contribution in [3.8, 4) is 0 Å². The van der Waals surface area contributed by atoms with Gasteiger partial charge in [0, 0.05) is 17.3 Å². The molecule has 1 atom stereocenters. The molecular formula is C15H23N3S. The van der Waals surface area contributed by atoms with Crippen molar-refractivity contribution in [2.45, 2.75) is 50.1 Å². The van der Waals surface area contributed by atoms with E-state index in [0.29, 0.717) is 5.25 Å². The van der Waals surface area contributed by atoms with Gasteiger partial charge < -0.3 is 10.3 Å². The van der Waals surface area contributed by atoms with Crippen molar-refractivity contribution in [1.29, 1.82) is 0 Å². The molecule has 1 unspecified atom stereocenters. The Balaban J connectivity index is 1.93. The summed E-state index contributed by atoms with van der Waals surface area (Å²) in [6.45, 7) is 9.92. The van der Waals surface area contributed by atoms with Crippen LogP contribution in [0, 0.1) is 0 Å². The predicted octanol–water partition coefficient (Wildman–Crippen LogP) is 3.82. The standard InChI is InChI=1S/C15H23N3S/c1-5-15(3,4)16-10-11(2)19-14-17-12-8-6-7-9-13(12)18-14/h6-9,11,16H,5,10H2,1-4H3,(H,17,18). The minimum absolute atomic E-state index is 0.211. The lowest BCUT2D eigenvalue weighted by Gasteiger charge is -2.26. The summed E-state index contributed by atoms with van der Waals surface area (Å²) in [6, 6.07) is 8.16. The first-order valence-corrected chi connectivity index (χ1v) is 7.74. The number of nitrogens with zero attached hydrogens (tertiary/aromatic N) is 1. The Morgan fingerprint density at radius 3 is 2.79 bits per heavy atom. The number of aromatic nitrogens is 2. The van der Waals surface area contributed by atoms with Crippen molar-refractivity contribution in [3.05, 3.63) is 24.3 Å². The van der Waals surface area contributed by atoms with Crippen LogP contribution in [0.5, 0.6) is 0 Å². The summed E-state index contributed by atoms with van der Waals surface area (Å²) >= 11 is 1.79. The number of benzene rings is 1. The Bertz CT molecular complexity index is 500. The van der Waals surface area contributed by atoms with Gasteiger partial charge in [-0.3, -0.25) is 0 Å². The number of thioether (sulfide) groups is 1. The minimum atomic E-state index is 0.211. The van der Waals surface area contributed by atoms with Gasteiger partial charge in [-0.15, -0.1) is 0 Å². The van der Waals surface area contributed by atoms with E-state index in [0.717, 1.165) is 29.2 Å². The van der Waals surface area contributed by atoms with Crippen LogP contribution in [0.2, 0.25) is 0 Å². The van der Waals surface area contributed by atoms with E-state index in [1.165, 1.54) is 0 Å². The van der Waals surface area contributed by atoms with Crippen molar-refractivity contribution in [2.75, 3.05) is 6.54 Å². The quantitative estimate of drug-likeness (QED) is 0.789. The highest BCUT2D eigenvalue weighted by Gasteiger charge is 2.16. The van der Waals surface area contributed by atoms with Crippen LogP contribution in [0.3, 0.4) is 0 Å². The zero-order chi connectivity index (χ0) is 13.9. The second-order valence-corrected chi connectivity index (χ2v) is 7.03. The molecule has 0 amide bonds. The van der Waals surface area contributed by atoms with Crippen molar-refractivity contribution >= 4 is 22.8 Å². The Labute approximate surface area is 119 Å². The smallest absolute Gasteiger partial charge is 0.166 e. The molecule has 1 aromatic carbocycles. The molecule has 4 heteroatoms. The topological polar surface area (TPSA) is 40.7 Å². The van der Waals surface area contributed by atoms with E-state index >= 15 is 0 Å². The molecule has 0 saturated carbocycles. The molecule has 0 radical (unpaired) electrons. The number of H-pyrrole nitrogens is 1. The summed E-state index contributed by atoms with van der Waals surface area (Å²) in [4.78, 5) is 7.96. The molecule has 1 heterocycles. The molecule has 3 nitrogen and oxygen atoms in total. The van der Waals surface area contributed by atoms with Crippen molar-refractivity contribution in [3.63, 3.8) is 0 Å². The number of para-hydroxylation sites is 2. The van der Waals surface area contributed by atoms with Crippen molar-refractivity contribution in [2.24, 2.45) is 0 Å². The second kappa shape index (κ2) is 5.97. The SMILES string of the molecule is CCC(C)(C)NCC(C)Sc1nc2ccccc2[nH]1. The van der Waals surface area contributed by atoms with Gasteiger partial charge in [0.25, 0.3) is 0 Å². The average molecular weight is 277 g/mol. The fraction of sp³-hybridized carbons (Fsp3) is 0.533. The van der Waals surface area contributed by atoms with Crippen LogP contribution < -0.4 is 5.32 Å². The number of fused-ring (bicyclic) bond motifs is 1. The zero-order valence-electron chi connectivity index (χ0n) is 12.2. The third-order valence-corrected chi connectivity index (χ3v) is 4.42. The van der Waals surface area contributed by atoms with E-state index in [1.54, 1.807) is 11.8 Å². The largest absolute Gasteiger partial charge is 0.333 e. The number of hydrogen-bond acceptors (Lipinski definition) is 3. The summed E-state index contributed by atoms with van der Waals surface area (Å²) in [5, 5.41) is 5.10. The average Bonchev–Trinajstić information content (AvgIpc) is 2.78. The van der Waals surface area contributed by atoms with Crippen LogP contribution in [0.1, 0.15) is 34.1 Å².